The maximum Gasteiger partial charge on any atom is 0.256 e. The van der Waals surface area contributed by atoms with Gasteiger partial charge in [0.1, 0.15) is 0 Å². The van der Waals surface area contributed by atoms with Crippen LogP contribution in [0.2, 0.25) is 0 Å². The SMILES string of the molecule is CN(C)C(=O)c1cncc(OC2CC2)c1I. The maximum absolute atomic E-state index is 11.8. The highest BCUT2D eigenvalue weighted by Crippen LogP contribution is 2.31. The second-order valence-corrected chi connectivity index (χ2v) is 5.09. The van der Waals surface area contributed by atoms with Crippen molar-refractivity contribution in [3.8, 4) is 5.75 Å². The van der Waals surface area contributed by atoms with Crippen molar-refractivity contribution >= 4 is 28.5 Å². The highest BCUT2D eigenvalue weighted by molar-refractivity contribution is 14.1. The maximum atomic E-state index is 11.8. The van der Waals surface area contributed by atoms with Gasteiger partial charge in [0.05, 0.1) is 21.4 Å². The summed E-state index contributed by atoms with van der Waals surface area (Å²) in [7, 11) is 3.46. The quantitative estimate of drug-likeness (QED) is 0.795. The van der Waals surface area contributed by atoms with Gasteiger partial charge in [0, 0.05) is 20.3 Å². The van der Waals surface area contributed by atoms with Crippen molar-refractivity contribution in [1.82, 2.24) is 9.88 Å². The Kier molecular flexibility index (Phi) is 3.32. The van der Waals surface area contributed by atoms with E-state index in [2.05, 4.69) is 27.6 Å². The lowest BCUT2D eigenvalue weighted by atomic mass is 10.2. The molecule has 1 heterocycles. The van der Waals surface area contributed by atoms with E-state index in [1.165, 1.54) is 0 Å². The molecule has 0 spiro atoms. The average molecular weight is 332 g/mol. The van der Waals surface area contributed by atoms with Crippen molar-refractivity contribution in [1.29, 1.82) is 0 Å². The summed E-state index contributed by atoms with van der Waals surface area (Å²) in [6, 6.07) is 0. The second kappa shape index (κ2) is 4.57. The summed E-state index contributed by atoms with van der Waals surface area (Å²) in [5.74, 6) is 0.675. The lowest BCUT2D eigenvalue weighted by molar-refractivity contribution is 0.0825. The summed E-state index contributed by atoms with van der Waals surface area (Å²) >= 11 is 2.14. The molecule has 16 heavy (non-hydrogen) atoms. The minimum Gasteiger partial charge on any atom is -0.488 e. The molecule has 0 unspecified atom stereocenters. The molecule has 1 fully saturated rings. The predicted molar refractivity (Wildman–Crippen MR) is 68.6 cm³/mol. The Balaban J connectivity index is 2.27. The van der Waals surface area contributed by atoms with E-state index in [4.69, 9.17) is 4.74 Å². The van der Waals surface area contributed by atoms with Crippen molar-refractivity contribution in [3.05, 3.63) is 21.5 Å². The summed E-state index contributed by atoms with van der Waals surface area (Å²) in [5.41, 5.74) is 0.601. The van der Waals surface area contributed by atoms with Crippen LogP contribution in [0.1, 0.15) is 23.2 Å². The van der Waals surface area contributed by atoms with E-state index in [0.717, 1.165) is 22.2 Å². The van der Waals surface area contributed by atoms with Crippen LogP contribution in [-0.4, -0.2) is 36.0 Å². The average Bonchev–Trinajstić information content (AvgIpc) is 3.04. The van der Waals surface area contributed by atoms with Crippen molar-refractivity contribution in [3.63, 3.8) is 0 Å². The molecule has 0 N–H and O–H groups in total. The van der Waals surface area contributed by atoms with Gasteiger partial charge >= 0.3 is 0 Å². The molecular formula is C11H13IN2O2. The van der Waals surface area contributed by atoms with Crippen LogP contribution in [0.15, 0.2) is 12.4 Å². The van der Waals surface area contributed by atoms with Gasteiger partial charge in [0.15, 0.2) is 5.75 Å². The van der Waals surface area contributed by atoms with Crippen molar-refractivity contribution in [2.75, 3.05) is 14.1 Å². The van der Waals surface area contributed by atoms with E-state index in [-0.39, 0.29) is 5.91 Å². The number of ether oxygens (including phenoxy) is 1. The van der Waals surface area contributed by atoms with Crippen molar-refractivity contribution in [2.24, 2.45) is 0 Å². The van der Waals surface area contributed by atoms with Gasteiger partial charge in [-0.05, 0) is 35.4 Å². The summed E-state index contributed by atoms with van der Waals surface area (Å²) in [5, 5.41) is 0. The molecule has 2 rings (SSSR count). The molecule has 5 heteroatoms. The van der Waals surface area contributed by atoms with Crippen molar-refractivity contribution < 1.29 is 9.53 Å². The molecule has 0 radical (unpaired) electrons. The van der Waals surface area contributed by atoms with Gasteiger partial charge in [-0.15, -0.1) is 0 Å². The molecule has 1 aromatic rings. The molecule has 0 saturated heterocycles. The first kappa shape index (κ1) is 11.6. The van der Waals surface area contributed by atoms with Crippen molar-refractivity contribution in [2.45, 2.75) is 18.9 Å². The number of nitrogens with zero attached hydrogens (tertiary/aromatic N) is 2. The molecule has 1 amide bonds. The number of aromatic nitrogens is 1. The van der Waals surface area contributed by atoms with Gasteiger partial charge in [-0.3, -0.25) is 9.78 Å². The van der Waals surface area contributed by atoms with E-state index in [1.807, 2.05) is 0 Å². The number of carbonyl (C=O) groups is 1. The van der Waals surface area contributed by atoms with Crippen LogP contribution in [0.3, 0.4) is 0 Å². The molecule has 0 aromatic carbocycles. The molecule has 1 aliphatic carbocycles. The molecule has 0 bridgehead atoms. The topological polar surface area (TPSA) is 42.4 Å². The number of hydrogen-bond donors (Lipinski definition) is 0. The molecule has 0 atom stereocenters. The Morgan fingerprint density at radius 1 is 1.50 bits per heavy atom. The highest BCUT2D eigenvalue weighted by atomic mass is 127. The van der Waals surface area contributed by atoms with Crippen LogP contribution in [0.4, 0.5) is 0 Å². The Labute approximate surface area is 108 Å². The van der Waals surface area contributed by atoms with E-state index in [0.29, 0.717) is 11.7 Å². The lowest BCUT2D eigenvalue weighted by Crippen LogP contribution is -2.23. The smallest absolute Gasteiger partial charge is 0.256 e. The highest BCUT2D eigenvalue weighted by Gasteiger charge is 2.25. The molecule has 1 aliphatic rings. The van der Waals surface area contributed by atoms with E-state index < -0.39 is 0 Å². The Morgan fingerprint density at radius 3 is 2.75 bits per heavy atom. The van der Waals surface area contributed by atoms with Gasteiger partial charge < -0.3 is 9.64 Å². The molecule has 0 aliphatic heterocycles. The summed E-state index contributed by atoms with van der Waals surface area (Å²) in [6.07, 6.45) is 5.78. The Hall–Kier alpha value is -0.850. The fourth-order valence-corrected chi connectivity index (χ4v) is 1.90. The fraction of sp³-hybridized carbons (Fsp3) is 0.455. The van der Waals surface area contributed by atoms with Gasteiger partial charge in [-0.2, -0.15) is 0 Å². The summed E-state index contributed by atoms with van der Waals surface area (Å²) < 4.78 is 6.53. The van der Waals surface area contributed by atoms with Gasteiger partial charge in [0.2, 0.25) is 0 Å². The Bertz CT molecular complexity index is 416. The molecular weight excluding hydrogens is 319 g/mol. The second-order valence-electron chi connectivity index (χ2n) is 4.02. The molecule has 1 saturated carbocycles. The monoisotopic (exact) mass is 332 g/mol. The van der Waals surface area contributed by atoms with Crippen LogP contribution in [0.5, 0.6) is 5.75 Å². The first-order chi connectivity index (χ1) is 7.59. The van der Waals surface area contributed by atoms with Crippen LogP contribution < -0.4 is 4.74 Å². The van der Waals surface area contributed by atoms with Crippen LogP contribution in [0, 0.1) is 3.57 Å². The largest absolute Gasteiger partial charge is 0.488 e. The zero-order valence-electron chi connectivity index (χ0n) is 9.24. The molecule has 1 aromatic heterocycles. The summed E-state index contributed by atoms with van der Waals surface area (Å²) in [6.45, 7) is 0. The van der Waals surface area contributed by atoms with Gasteiger partial charge in [-0.25, -0.2) is 0 Å². The summed E-state index contributed by atoms with van der Waals surface area (Å²) in [4.78, 5) is 17.4. The van der Waals surface area contributed by atoms with Crippen LogP contribution >= 0.6 is 22.6 Å². The lowest BCUT2D eigenvalue weighted by Gasteiger charge is -2.13. The van der Waals surface area contributed by atoms with Gasteiger partial charge in [-0.1, -0.05) is 0 Å². The van der Waals surface area contributed by atoms with E-state index in [1.54, 1.807) is 31.4 Å². The zero-order valence-corrected chi connectivity index (χ0v) is 11.4. The minimum atomic E-state index is -0.0434. The molecule has 4 nitrogen and oxygen atoms in total. The predicted octanol–water partition coefficient (Wildman–Crippen LogP) is 1.93. The fourth-order valence-electron chi connectivity index (χ4n) is 1.26. The number of pyridine rings is 1. The van der Waals surface area contributed by atoms with Crippen LogP contribution in [-0.2, 0) is 0 Å². The van der Waals surface area contributed by atoms with Gasteiger partial charge in [0.25, 0.3) is 5.91 Å². The number of amides is 1. The number of carbonyl (C=O) groups excluding carboxylic acids is 1. The van der Waals surface area contributed by atoms with E-state index in [9.17, 15) is 4.79 Å². The standard InChI is InChI=1S/C11H13IN2O2/c1-14(2)11(15)8-5-13-6-9(10(8)12)16-7-3-4-7/h5-7H,3-4H2,1-2H3. The Morgan fingerprint density at radius 2 is 2.19 bits per heavy atom. The zero-order chi connectivity index (χ0) is 11.7. The third kappa shape index (κ3) is 2.45. The van der Waals surface area contributed by atoms with E-state index >= 15 is 0 Å². The van der Waals surface area contributed by atoms with Crippen LogP contribution in [0.25, 0.3) is 0 Å². The normalized spacial score (nSPS) is 14.7. The third-order valence-corrected chi connectivity index (χ3v) is 3.42. The number of halogens is 1. The minimum absolute atomic E-state index is 0.0434. The first-order valence-corrected chi connectivity index (χ1v) is 6.19. The molecule has 86 valence electrons. The number of hydrogen-bond acceptors (Lipinski definition) is 3. The first-order valence-electron chi connectivity index (χ1n) is 5.11. The number of rotatable bonds is 3. The third-order valence-electron chi connectivity index (χ3n) is 2.30.